The minimum absolute atomic E-state index is 0.0337. The van der Waals surface area contributed by atoms with Crippen LogP contribution < -0.4 is 10.2 Å². The molecule has 0 aromatic heterocycles. The number of sulfone groups is 1. The van der Waals surface area contributed by atoms with E-state index in [1.165, 1.54) is 0 Å². The zero-order valence-corrected chi connectivity index (χ0v) is 19.9. The molecule has 0 atom stereocenters. The van der Waals surface area contributed by atoms with E-state index in [4.69, 9.17) is 4.74 Å². The van der Waals surface area contributed by atoms with Crippen molar-refractivity contribution in [3.05, 3.63) is 83.4 Å². The number of benzene rings is 3. The molecule has 0 unspecified atom stereocenters. The third kappa shape index (κ3) is 4.33. The molecule has 1 aliphatic rings. The number of fused-ring (bicyclic) bond motifs is 2. The SMILES string of the molecule is CCN(CC)c1ccc(NC(=O)OCC2c3ccccc3S(=O)(=O)c3ccccc32)c(C)c1. The molecule has 0 saturated carbocycles. The Bertz CT molecular complexity index is 1230. The second kappa shape index (κ2) is 9.27. The monoisotopic (exact) mass is 464 g/mol. The highest BCUT2D eigenvalue weighted by atomic mass is 32.2. The van der Waals surface area contributed by atoms with Crippen LogP contribution >= 0.6 is 0 Å². The average molecular weight is 465 g/mol. The lowest BCUT2D eigenvalue weighted by Crippen LogP contribution is -2.25. The van der Waals surface area contributed by atoms with Crippen LogP contribution in [0.3, 0.4) is 0 Å². The number of ether oxygens (including phenoxy) is 1. The number of anilines is 2. The quantitative estimate of drug-likeness (QED) is 0.531. The largest absolute Gasteiger partial charge is 0.448 e. The van der Waals surface area contributed by atoms with Crippen LogP contribution in [0, 0.1) is 6.92 Å². The van der Waals surface area contributed by atoms with Gasteiger partial charge in [-0.25, -0.2) is 13.2 Å². The van der Waals surface area contributed by atoms with Crippen molar-refractivity contribution >= 4 is 27.3 Å². The van der Waals surface area contributed by atoms with E-state index in [0.717, 1.165) is 24.3 Å². The van der Waals surface area contributed by atoms with Crippen molar-refractivity contribution in [2.45, 2.75) is 36.5 Å². The fourth-order valence-electron chi connectivity index (χ4n) is 4.37. The number of nitrogens with one attached hydrogen (secondary N) is 1. The maximum atomic E-state index is 13.1. The molecule has 3 aromatic carbocycles. The van der Waals surface area contributed by atoms with E-state index in [9.17, 15) is 13.2 Å². The minimum Gasteiger partial charge on any atom is -0.448 e. The van der Waals surface area contributed by atoms with Gasteiger partial charge < -0.3 is 9.64 Å². The van der Waals surface area contributed by atoms with Crippen molar-refractivity contribution in [3.8, 4) is 0 Å². The molecule has 1 amide bonds. The van der Waals surface area contributed by atoms with E-state index < -0.39 is 15.9 Å². The third-order valence-electron chi connectivity index (χ3n) is 6.12. The lowest BCUT2D eigenvalue weighted by atomic mass is 9.91. The fraction of sp³-hybridized carbons (Fsp3) is 0.269. The van der Waals surface area contributed by atoms with E-state index in [1.54, 1.807) is 48.5 Å². The van der Waals surface area contributed by atoms with E-state index >= 15 is 0 Å². The normalized spacial score (nSPS) is 14.2. The summed E-state index contributed by atoms with van der Waals surface area (Å²) in [6.45, 7) is 8.01. The van der Waals surface area contributed by atoms with Gasteiger partial charge in [0, 0.05) is 30.4 Å². The molecule has 0 aliphatic carbocycles. The maximum Gasteiger partial charge on any atom is 0.411 e. The van der Waals surface area contributed by atoms with Crippen molar-refractivity contribution in [3.63, 3.8) is 0 Å². The molecular formula is C26H28N2O4S. The third-order valence-corrected chi connectivity index (χ3v) is 8.03. The summed E-state index contributed by atoms with van der Waals surface area (Å²) < 4.78 is 31.7. The van der Waals surface area contributed by atoms with Gasteiger partial charge in [0.15, 0.2) is 0 Å². The van der Waals surface area contributed by atoms with E-state index in [-0.39, 0.29) is 22.3 Å². The number of aryl methyl sites for hydroxylation is 1. The summed E-state index contributed by atoms with van der Waals surface area (Å²) in [5.41, 5.74) is 4.01. The highest BCUT2D eigenvalue weighted by Gasteiger charge is 2.35. The minimum atomic E-state index is -3.60. The van der Waals surface area contributed by atoms with Gasteiger partial charge in [-0.15, -0.1) is 0 Å². The molecule has 0 spiro atoms. The molecule has 0 fully saturated rings. The van der Waals surface area contributed by atoms with Crippen LogP contribution in [0.4, 0.5) is 16.2 Å². The Balaban J connectivity index is 1.53. The van der Waals surface area contributed by atoms with Crippen molar-refractivity contribution in [1.82, 2.24) is 0 Å². The van der Waals surface area contributed by atoms with Gasteiger partial charge in [-0.2, -0.15) is 0 Å². The van der Waals surface area contributed by atoms with Crippen molar-refractivity contribution in [1.29, 1.82) is 0 Å². The smallest absolute Gasteiger partial charge is 0.411 e. The van der Waals surface area contributed by atoms with Crippen LogP contribution in [0.25, 0.3) is 0 Å². The Kier molecular flexibility index (Phi) is 6.42. The zero-order valence-electron chi connectivity index (χ0n) is 19.0. The van der Waals surface area contributed by atoms with Crippen molar-refractivity contribution in [2.24, 2.45) is 0 Å². The molecule has 0 bridgehead atoms. The first-order chi connectivity index (χ1) is 15.9. The molecule has 7 heteroatoms. The Morgan fingerprint density at radius 3 is 2.06 bits per heavy atom. The topological polar surface area (TPSA) is 75.7 Å². The summed E-state index contributed by atoms with van der Waals surface area (Å²) in [6, 6.07) is 19.7. The molecule has 0 saturated heterocycles. The average Bonchev–Trinajstić information content (AvgIpc) is 2.82. The zero-order chi connectivity index (χ0) is 23.6. The molecule has 0 radical (unpaired) electrons. The number of nitrogens with zero attached hydrogens (tertiary/aromatic N) is 1. The van der Waals surface area contributed by atoms with Gasteiger partial charge in [-0.1, -0.05) is 36.4 Å². The van der Waals surface area contributed by atoms with Gasteiger partial charge in [0.2, 0.25) is 9.84 Å². The van der Waals surface area contributed by atoms with Crippen LogP contribution in [0.2, 0.25) is 0 Å². The number of hydrogen-bond acceptors (Lipinski definition) is 5. The number of amides is 1. The molecule has 6 nitrogen and oxygen atoms in total. The van der Waals surface area contributed by atoms with Crippen molar-refractivity contribution in [2.75, 3.05) is 29.9 Å². The second-order valence-electron chi connectivity index (χ2n) is 8.03. The highest BCUT2D eigenvalue weighted by molar-refractivity contribution is 7.91. The van der Waals surface area contributed by atoms with Gasteiger partial charge in [-0.3, -0.25) is 5.32 Å². The van der Waals surface area contributed by atoms with Gasteiger partial charge in [-0.05, 0) is 67.8 Å². The standard InChI is InChI=1S/C26H28N2O4S/c1-4-28(5-2)19-14-15-23(18(3)16-19)27-26(29)32-17-22-20-10-6-8-12-24(20)33(30,31)25-13-9-7-11-21(22)25/h6-16,22H,4-5,17H2,1-3H3,(H,27,29). The predicted octanol–water partition coefficient (Wildman–Crippen LogP) is 5.37. The van der Waals surface area contributed by atoms with Crippen LogP contribution in [0.1, 0.15) is 36.5 Å². The Morgan fingerprint density at radius 2 is 1.52 bits per heavy atom. The summed E-state index contributed by atoms with van der Waals surface area (Å²) in [4.78, 5) is 15.4. The number of rotatable bonds is 6. The van der Waals surface area contributed by atoms with Crippen LogP contribution in [0.15, 0.2) is 76.5 Å². The maximum absolute atomic E-state index is 13.1. The van der Waals surface area contributed by atoms with Crippen molar-refractivity contribution < 1.29 is 17.9 Å². The molecule has 1 heterocycles. The van der Waals surface area contributed by atoms with Gasteiger partial charge in [0.05, 0.1) is 9.79 Å². The lowest BCUT2D eigenvalue weighted by molar-refractivity contribution is 0.157. The summed E-state index contributed by atoms with van der Waals surface area (Å²) in [7, 11) is -3.60. The summed E-state index contributed by atoms with van der Waals surface area (Å²) in [5, 5.41) is 2.82. The molecule has 3 aromatic rings. The van der Waals surface area contributed by atoms with Gasteiger partial charge in [0.1, 0.15) is 6.61 Å². The Morgan fingerprint density at radius 1 is 0.939 bits per heavy atom. The fourth-order valence-corrected chi connectivity index (χ4v) is 6.16. The van der Waals surface area contributed by atoms with E-state index in [0.29, 0.717) is 16.8 Å². The van der Waals surface area contributed by atoms with Gasteiger partial charge in [0.25, 0.3) is 0 Å². The highest BCUT2D eigenvalue weighted by Crippen LogP contribution is 2.41. The molecular weight excluding hydrogens is 436 g/mol. The molecule has 1 N–H and O–H groups in total. The molecule has 33 heavy (non-hydrogen) atoms. The van der Waals surface area contributed by atoms with Gasteiger partial charge >= 0.3 is 6.09 Å². The number of carbonyl (C=O) groups is 1. The first kappa shape index (κ1) is 22.9. The Hall–Kier alpha value is -3.32. The summed E-state index contributed by atoms with van der Waals surface area (Å²) in [5.74, 6) is -0.363. The molecule has 172 valence electrons. The predicted molar refractivity (Wildman–Crippen MR) is 130 cm³/mol. The summed E-state index contributed by atoms with van der Waals surface area (Å²) >= 11 is 0. The Labute approximate surface area is 195 Å². The molecule has 4 rings (SSSR count). The first-order valence-corrected chi connectivity index (χ1v) is 12.6. The second-order valence-corrected chi connectivity index (χ2v) is 9.91. The van der Waals surface area contributed by atoms with E-state index in [1.807, 2.05) is 25.1 Å². The van der Waals surface area contributed by atoms with Crippen LogP contribution in [-0.4, -0.2) is 34.2 Å². The number of hydrogen-bond donors (Lipinski definition) is 1. The van der Waals surface area contributed by atoms with Crippen LogP contribution in [0.5, 0.6) is 0 Å². The van der Waals surface area contributed by atoms with Crippen LogP contribution in [-0.2, 0) is 14.6 Å². The first-order valence-electron chi connectivity index (χ1n) is 11.1. The summed E-state index contributed by atoms with van der Waals surface area (Å²) in [6.07, 6.45) is -0.572. The number of carbonyl (C=O) groups excluding carboxylic acids is 1. The molecule has 1 aliphatic heterocycles. The lowest BCUT2D eigenvalue weighted by Gasteiger charge is -2.27. The van der Waals surface area contributed by atoms with E-state index in [2.05, 4.69) is 24.1 Å².